The van der Waals surface area contributed by atoms with Gasteiger partial charge in [-0.1, -0.05) is 37.8 Å². The molecule has 0 heterocycles. The fourth-order valence-electron chi connectivity index (χ4n) is 2.16. The van der Waals surface area contributed by atoms with Crippen LogP contribution in [0.2, 0.25) is 19.6 Å². The summed E-state index contributed by atoms with van der Waals surface area (Å²) >= 11 is 0. The molecule has 0 aliphatic heterocycles. The Bertz CT molecular complexity index is 633. The highest BCUT2D eigenvalue weighted by Gasteiger charge is 2.22. The van der Waals surface area contributed by atoms with Gasteiger partial charge in [-0.2, -0.15) is 0 Å². The highest BCUT2D eigenvalue weighted by Crippen LogP contribution is 2.19. The molecule has 1 N–H and O–H groups in total. The molecule has 0 bridgehead atoms. The normalized spacial score (nSPS) is 11.0. The van der Waals surface area contributed by atoms with Gasteiger partial charge in [0.05, 0.1) is 15.2 Å². The van der Waals surface area contributed by atoms with Gasteiger partial charge >= 0.3 is 0 Å². The molecule has 0 saturated carbocycles. The number of amides is 1. The van der Waals surface area contributed by atoms with E-state index in [-0.39, 0.29) is 5.91 Å². The first-order valence-electron chi connectivity index (χ1n) is 6.97. The number of nitrogens with one attached hydrogen (secondary N) is 1. The van der Waals surface area contributed by atoms with E-state index in [1.165, 1.54) is 5.19 Å². The van der Waals surface area contributed by atoms with Crippen LogP contribution in [0.1, 0.15) is 10.4 Å². The predicted molar refractivity (Wildman–Crippen MR) is 90.4 cm³/mol. The Morgan fingerprint density at radius 1 is 1.05 bits per heavy atom. The Hall–Kier alpha value is -2.07. The fourth-order valence-corrected chi connectivity index (χ4v) is 3.69. The Labute approximate surface area is 127 Å². The van der Waals surface area contributed by atoms with Crippen LogP contribution in [0, 0.1) is 0 Å². The fraction of sp³-hybridized carbons (Fsp3) is 0.235. The molecule has 0 fully saturated rings. The number of carbonyl (C=O) groups excluding carboxylic acids is 1. The number of hydrogen-bond acceptors (Lipinski definition) is 2. The largest absolute Gasteiger partial charge is 0.497 e. The lowest BCUT2D eigenvalue weighted by atomic mass is 10.2. The van der Waals surface area contributed by atoms with E-state index >= 15 is 0 Å². The standard InChI is InChI=1S/C17H21NO2Si/c1-20-14-10-11-15(16(12-14)21(2,3)4)18-17(19)13-8-6-5-7-9-13/h5-12H,1-4H3,(H,18,19). The molecule has 2 aromatic rings. The van der Waals surface area contributed by atoms with Gasteiger partial charge in [-0.25, -0.2) is 0 Å². The first-order chi connectivity index (χ1) is 9.91. The third-order valence-electron chi connectivity index (χ3n) is 3.32. The minimum Gasteiger partial charge on any atom is -0.497 e. The topological polar surface area (TPSA) is 38.3 Å². The Morgan fingerprint density at radius 3 is 2.29 bits per heavy atom. The van der Waals surface area contributed by atoms with Gasteiger partial charge in [-0.15, -0.1) is 0 Å². The molecule has 0 radical (unpaired) electrons. The lowest BCUT2D eigenvalue weighted by molar-refractivity contribution is 0.102. The number of rotatable bonds is 4. The SMILES string of the molecule is COc1ccc(NC(=O)c2ccccc2)c([Si](C)(C)C)c1. The van der Waals surface area contributed by atoms with Crippen molar-refractivity contribution < 1.29 is 9.53 Å². The third-order valence-corrected chi connectivity index (χ3v) is 5.35. The smallest absolute Gasteiger partial charge is 0.255 e. The van der Waals surface area contributed by atoms with Gasteiger partial charge in [-0.3, -0.25) is 4.79 Å². The minimum absolute atomic E-state index is 0.0831. The first kappa shape index (κ1) is 15.3. The van der Waals surface area contributed by atoms with E-state index < -0.39 is 8.07 Å². The quantitative estimate of drug-likeness (QED) is 0.878. The van der Waals surface area contributed by atoms with Crippen molar-refractivity contribution in [2.24, 2.45) is 0 Å². The van der Waals surface area contributed by atoms with Crippen LogP contribution >= 0.6 is 0 Å². The Balaban J connectivity index is 2.34. The summed E-state index contributed by atoms with van der Waals surface area (Å²) < 4.78 is 5.30. The van der Waals surface area contributed by atoms with Crippen LogP contribution in [-0.2, 0) is 0 Å². The molecule has 0 aromatic heterocycles. The average molecular weight is 299 g/mol. The molecule has 0 saturated heterocycles. The van der Waals surface area contributed by atoms with E-state index in [4.69, 9.17) is 4.74 Å². The van der Waals surface area contributed by atoms with Crippen molar-refractivity contribution in [3.63, 3.8) is 0 Å². The molecule has 4 heteroatoms. The molecule has 3 nitrogen and oxygen atoms in total. The summed E-state index contributed by atoms with van der Waals surface area (Å²) in [5, 5.41) is 4.21. The van der Waals surface area contributed by atoms with Crippen molar-refractivity contribution in [3.8, 4) is 5.75 Å². The van der Waals surface area contributed by atoms with Crippen LogP contribution in [0.3, 0.4) is 0 Å². The molecule has 21 heavy (non-hydrogen) atoms. The van der Waals surface area contributed by atoms with E-state index in [2.05, 4.69) is 25.0 Å². The van der Waals surface area contributed by atoms with Gasteiger partial charge in [-0.05, 0) is 35.5 Å². The van der Waals surface area contributed by atoms with Crippen molar-refractivity contribution in [3.05, 3.63) is 54.1 Å². The first-order valence-corrected chi connectivity index (χ1v) is 10.5. The maximum atomic E-state index is 12.3. The molecule has 0 aliphatic rings. The molecule has 0 atom stereocenters. The average Bonchev–Trinajstić information content (AvgIpc) is 2.47. The second-order valence-corrected chi connectivity index (χ2v) is 11.0. The van der Waals surface area contributed by atoms with Crippen LogP contribution < -0.4 is 15.2 Å². The minimum atomic E-state index is -1.59. The van der Waals surface area contributed by atoms with E-state index in [1.807, 2.05) is 48.5 Å². The van der Waals surface area contributed by atoms with Gasteiger partial charge < -0.3 is 10.1 Å². The summed E-state index contributed by atoms with van der Waals surface area (Å²) in [4.78, 5) is 12.3. The maximum absolute atomic E-state index is 12.3. The molecule has 1 amide bonds. The molecule has 0 unspecified atom stereocenters. The van der Waals surface area contributed by atoms with Crippen molar-refractivity contribution in [2.45, 2.75) is 19.6 Å². The van der Waals surface area contributed by atoms with Gasteiger partial charge in [0.15, 0.2) is 0 Å². The summed E-state index contributed by atoms with van der Waals surface area (Å²) in [7, 11) is 0.0702. The highest BCUT2D eigenvalue weighted by atomic mass is 28.3. The zero-order valence-electron chi connectivity index (χ0n) is 12.9. The molecular weight excluding hydrogens is 278 g/mol. The van der Waals surface area contributed by atoms with E-state index in [0.29, 0.717) is 5.56 Å². The van der Waals surface area contributed by atoms with Gasteiger partial charge in [0, 0.05) is 11.3 Å². The summed E-state index contributed by atoms with van der Waals surface area (Å²) in [6, 6.07) is 15.1. The maximum Gasteiger partial charge on any atom is 0.255 e. The molecular formula is C17H21NO2Si. The Morgan fingerprint density at radius 2 is 1.71 bits per heavy atom. The number of anilines is 1. The second-order valence-electron chi connectivity index (χ2n) is 5.98. The number of carbonyl (C=O) groups is 1. The van der Waals surface area contributed by atoms with Gasteiger partial charge in [0.2, 0.25) is 0 Å². The summed E-state index contributed by atoms with van der Waals surface area (Å²) in [5.74, 6) is 0.741. The zero-order chi connectivity index (χ0) is 15.5. The monoisotopic (exact) mass is 299 g/mol. The number of methoxy groups -OCH3 is 1. The van der Waals surface area contributed by atoms with Crippen LogP contribution in [0.5, 0.6) is 5.75 Å². The third kappa shape index (κ3) is 3.73. The van der Waals surface area contributed by atoms with Crippen LogP contribution in [0.15, 0.2) is 48.5 Å². The zero-order valence-corrected chi connectivity index (χ0v) is 13.9. The van der Waals surface area contributed by atoms with Crippen LogP contribution in [0.4, 0.5) is 5.69 Å². The van der Waals surface area contributed by atoms with E-state index in [1.54, 1.807) is 7.11 Å². The van der Waals surface area contributed by atoms with Crippen molar-refractivity contribution in [1.82, 2.24) is 0 Å². The Kier molecular flexibility index (Phi) is 4.48. The molecule has 0 spiro atoms. The van der Waals surface area contributed by atoms with E-state index in [9.17, 15) is 4.79 Å². The summed E-state index contributed by atoms with van der Waals surface area (Å²) in [6.07, 6.45) is 0. The van der Waals surface area contributed by atoms with Gasteiger partial charge in [0.25, 0.3) is 5.91 Å². The second kappa shape index (κ2) is 6.14. The molecule has 110 valence electrons. The number of benzene rings is 2. The lowest BCUT2D eigenvalue weighted by Crippen LogP contribution is -2.40. The van der Waals surface area contributed by atoms with Crippen molar-refractivity contribution in [2.75, 3.05) is 12.4 Å². The highest BCUT2D eigenvalue weighted by molar-refractivity contribution is 6.89. The molecule has 2 rings (SSSR count). The van der Waals surface area contributed by atoms with Gasteiger partial charge in [0.1, 0.15) is 5.75 Å². The predicted octanol–water partition coefficient (Wildman–Crippen LogP) is 3.49. The lowest BCUT2D eigenvalue weighted by Gasteiger charge is -2.22. The molecule has 0 aliphatic carbocycles. The summed E-state index contributed by atoms with van der Waals surface area (Å²) in [5.41, 5.74) is 1.54. The van der Waals surface area contributed by atoms with Crippen molar-refractivity contribution in [1.29, 1.82) is 0 Å². The van der Waals surface area contributed by atoms with Crippen molar-refractivity contribution >= 4 is 24.9 Å². The summed E-state index contributed by atoms with van der Waals surface area (Å²) in [6.45, 7) is 6.75. The number of ether oxygens (including phenoxy) is 1. The van der Waals surface area contributed by atoms with Crippen LogP contribution in [-0.4, -0.2) is 21.1 Å². The molecule has 2 aromatic carbocycles. The van der Waals surface area contributed by atoms with Crippen LogP contribution in [0.25, 0.3) is 0 Å². The number of hydrogen-bond donors (Lipinski definition) is 1. The van der Waals surface area contributed by atoms with E-state index in [0.717, 1.165) is 11.4 Å².